The summed E-state index contributed by atoms with van der Waals surface area (Å²) in [4.78, 5) is 21.1. The smallest absolute Gasteiger partial charge is 0.348 e. The molecule has 0 N–H and O–H groups in total. The van der Waals surface area contributed by atoms with Gasteiger partial charge in [-0.15, -0.1) is 0 Å². The zero-order chi connectivity index (χ0) is 10.6. The number of rotatable bonds is 4. The van der Waals surface area contributed by atoms with Gasteiger partial charge in [0.05, 0.1) is 4.92 Å². The molecule has 0 aliphatic rings. The maximum absolute atomic E-state index is 11.2. The third-order valence-corrected chi connectivity index (χ3v) is 2.32. The van der Waals surface area contributed by atoms with Crippen LogP contribution in [0.5, 0.6) is 0 Å². The Morgan fingerprint density at radius 1 is 1.71 bits per heavy atom. The van der Waals surface area contributed by atoms with E-state index in [4.69, 9.17) is 4.74 Å². The SMILES string of the molecule is C=CCOC(=O)c1ccc([N+](=O)[O-])s1. The van der Waals surface area contributed by atoms with Gasteiger partial charge >= 0.3 is 11.0 Å². The second-order valence-corrected chi connectivity index (χ2v) is 3.34. The molecule has 74 valence electrons. The van der Waals surface area contributed by atoms with Crippen molar-refractivity contribution in [3.05, 3.63) is 39.8 Å². The van der Waals surface area contributed by atoms with Crippen molar-refractivity contribution in [3.63, 3.8) is 0 Å². The zero-order valence-corrected chi connectivity index (χ0v) is 7.95. The average Bonchev–Trinajstić information content (AvgIpc) is 2.62. The summed E-state index contributed by atoms with van der Waals surface area (Å²) in [5.74, 6) is -0.567. The van der Waals surface area contributed by atoms with E-state index in [0.717, 1.165) is 11.3 Å². The molecule has 0 fully saturated rings. The van der Waals surface area contributed by atoms with Gasteiger partial charge in [0, 0.05) is 6.07 Å². The summed E-state index contributed by atoms with van der Waals surface area (Å²) in [5.41, 5.74) is 0. The highest BCUT2D eigenvalue weighted by Gasteiger charge is 2.15. The Hall–Kier alpha value is -1.69. The number of nitro groups is 1. The summed E-state index contributed by atoms with van der Waals surface area (Å²) in [6.07, 6.45) is 1.43. The third-order valence-electron chi connectivity index (χ3n) is 1.31. The predicted molar refractivity (Wildman–Crippen MR) is 51.5 cm³/mol. The summed E-state index contributed by atoms with van der Waals surface area (Å²) in [6.45, 7) is 3.48. The van der Waals surface area contributed by atoms with Crippen LogP contribution in [0.1, 0.15) is 9.67 Å². The Bertz CT molecular complexity index is 371. The van der Waals surface area contributed by atoms with Crippen molar-refractivity contribution in [2.24, 2.45) is 0 Å². The Kier molecular flexibility index (Phi) is 3.35. The van der Waals surface area contributed by atoms with E-state index in [9.17, 15) is 14.9 Å². The first-order chi connectivity index (χ1) is 6.65. The van der Waals surface area contributed by atoms with Crippen molar-refractivity contribution in [1.82, 2.24) is 0 Å². The lowest BCUT2D eigenvalue weighted by Crippen LogP contribution is -2.02. The largest absolute Gasteiger partial charge is 0.457 e. The molecular weight excluding hydrogens is 206 g/mol. The van der Waals surface area contributed by atoms with Crippen LogP contribution in [-0.2, 0) is 4.74 Å². The maximum Gasteiger partial charge on any atom is 0.348 e. The highest BCUT2D eigenvalue weighted by molar-refractivity contribution is 7.17. The molecule has 0 aromatic carbocycles. The van der Waals surface area contributed by atoms with Gasteiger partial charge in [-0.2, -0.15) is 0 Å². The number of carbonyl (C=O) groups excluding carboxylic acids is 1. The van der Waals surface area contributed by atoms with Crippen LogP contribution >= 0.6 is 11.3 Å². The van der Waals surface area contributed by atoms with E-state index in [2.05, 4.69) is 6.58 Å². The molecule has 5 nitrogen and oxygen atoms in total. The molecule has 0 aliphatic heterocycles. The number of hydrogen-bond donors (Lipinski definition) is 0. The van der Waals surface area contributed by atoms with Crippen LogP contribution < -0.4 is 0 Å². The molecule has 1 rings (SSSR count). The number of ether oxygens (including phenoxy) is 1. The first kappa shape index (κ1) is 10.4. The van der Waals surface area contributed by atoms with Gasteiger partial charge in [0.1, 0.15) is 11.5 Å². The second kappa shape index (κ2) is 4.52. The van der Waals surface area contributed by atoms with Crippen molar-refractivity contribution in [2.75, 3.05) is 6.61 Å². The molecule has 1 aromatic rings. The summed E-state index contributed by atoms with van der Waals surface area (Å²) in [5, 5.41) is 10.2. The highest BCUT2D eigenvalue weighted by atomic mass is 32.1. The number of hydrogen-bond acceptors (Lipinski definition) is 5. The minimum Gasteiger partial charge on any atom is -0.457 e. The number of thiophene rings is 1. The zero-order valence-electron chi connectivity index (χ0n) is 7.13. The molecule has 0 unspecified atom stereocenters. The minimum atomic E-state index is -0.567. The summed E-state index contributed by atoms with van der Waals surface area (Å²) in [6, 6.07) is 2.64. The van der Waals surface area contributed by atoms with Crippen molar-refractivity contribution in [3.8, 4) is 0 Å². The molecule has 6 heteroatoms. The molecule has 1 aromatic heterocycles. The van der Waals surface area contributed by atoms with Crippen LogP contribution in [0.3, 0.4) is 0 Å². The monoisotopic (exact) mass is 213 g/mol. The summed E-state index contributed by atoms with van der Waals surface area (Å²) >= 11 is 0.792. The third kappa shape index (κ3) is 2.40. The molecule has 0 amide bonds. The van der Waals surface area contributed by atoms with Gasteiger partial charge in [0.2, 0.25) is 0 Å². The molecule has 0 saturated heterocycles. The van der Waals surface area contributed by atoms with E-state index >= 15 is 0 Å². The normalized spacial score (nSPS) is 9.43. The Balaban J connectivity index is 2.71. The molecular formula is C8H7NO4S. The molecule has 0 bridgehead atoms. The van der Waals surface area contributed by atoms with Crippen molar-refractivity contribution >= 4 is 22.3 Å². The van der Waals surface area contributed by atoms with Crippen LogP contribution in [0, 0.1) is 10.1 Å². The second-order valence-electron chi connectivity index (χ2n) is 2.28. The van der Waals surface area contributed by atoms with Crippen LogP contribution in [0.25, 0.3) is 0 Å². The molecule has 0 atom stereocenters. The van der Waals surface area contributed by atoms with Gasteiger partial charge in [-0.25, -0.2) is 4.79 Å². The van der Waals surface area contributed by atoms with Crippen LogP contribution in [0.15, 0.2) is 24.8 Å². The highest BCUT2D eigenvalue weighted by Crippen LogP contribution is 2.24. The average molecular weight is 213 g/mol. The van der Waals surface area contributed by atoms with E-state index in [1.807, 2.05) is 0 Å². The van der Waals surface area contributed by atoms with Crippen molar-refractivity contribution in [1.29, 1.82) is 0 Å². The van der Waals surface area contributed by atoms with Gasteiger partial charge in [0.25, 0.3) is 0 Å². The minimum absolute atomic E-state index is 0.0736. The van der Waals surface area contributed by atoms with E-state index < -0.39 is 10.9 Å². The molecule has 1 heterocycles. The molecule has 14 heavy (non-hydrogen) atoms. The van der Waals surface area contributed by atoms with Crippen LogP contribution in [0.2, 0.25) is 0 Å². The Morgan fingerprint density at radius 3 is 2.93 bits per heavy atom. The van der Waals surface area contributed by atoms with Crippen molar-refractivity contribution in [2.45, 2.75) is 0 Å². The predicted octanol–water partition coefficient (Wildman–Crippen LogP) is 2.00. The lowest BCUT2D eigenvalue weighted by molar-refractivity contribution is -0.380. The number of nitrogens with zero attached hydrogens (tertiary/aromatic N) is 1. The fourth-order valence-electron chi connectivity index (χ4n) is 0.741. The van der Waals surface area contributed by atoms with Gasteiger partial charge in [0.15, 0.2) is 0 Å². The number of esters is 1. The van der Waals surface area contributed by atoms with Gasteiger partial charge < -0.3 is 4.74 Å². The van der Waals surface area contributed by atoms with E-state index in [0.29, 0.717) is 0 Å². The summed E-state index contributed by atoms with van der Waals surface area (Å²) < 4.78 is 4.70. The molecule has 0 aliphatic carbocycles. The van der Waals surface area contributed by atoms with Crippen molar-refractivity contribution < 1.29 is 14.5 Å². The first-order valence-electron chi connectivity index (χ1n) is 3.67. The Labute approximate surface area is 83.8 Å². The maximum atomic E-state index is 11.2. The van der Waals surface area contributed by atoms with Gasteiger partial charge in [-0.3, -0.25) is 10.1 Å². The topological polar surface area (TPSA) is 69.4 Å². The van der Waals surface area contributed by atoms with Crippen LogP contribution in [-0.4, -0.2) is 17.5 Å². The van der Waals surface area contributed by atoms with E-state index in [1.165, 1.54) is 18.2 Å². The first-order valence-corrected chi connectivity index (χ1v) is 4.49. The quantitative estimate of drug-likeness (QED) is 0.332. The van der Waals surface area contributed by atoms with Gasteiger partial charge in [-0.1, -0.05) is 24.0 Å². The van der Waals surface area contributed by atoms with Crippen LogP contribution in [0.4, 0.5) is 5.00 Å². The van der Waals surface area contributed by atoms with Gasteiger partial charge in [-0.05, 0) is 6.07 Å². The molecule has 0 saturated carbocycles. The summed E-state index contributed by atoms with van der Waals surface area (Å²) in [7, 11) is 0. The van der Waals surface area contributed by atoms with E-state index in [-0.39, 0.29) is 16.5 Å². The fourth-order valence-corrected chi connectivity index (χ4v) is 1.46. The van der Waals surface area contributed by atoms with E-state index in [1.54, 1.807) is 0 Å². The lowest BCUT2D eigenvalue weighted by Gasteiger charge is -1.96. The Morgan fingerprint density at radius 2 is 2.43 bits per heavy atom. The fraction of sp³-hybridized carbons (Fsp3) is 0.125. The molecule has 0 radical (unpaired) electrons. The standard InChI is InChI=1S/C8H7NO4S/c1-2-5-13-8(10)6-3-4-7(14-6)9(11)12/h2-4H,1,5H2. The lowest BCUT2D eigenvalue weighted by atomic mass is 10.5. The number of carbonyl (C=O) groups is 1. The molecule has 0 spiro atoms.